The molecule has 1 aliphatic rings. The molecule has 0 fully saturated rings. The molecule has 0 bridgehead atoms. The fraction of sp³-hybridized carbons (Fsp3) is 0.400. The van der Waals surface area contributed by atoms with E-state index in [1.54, 1.807) is 0 Å². The molecular formula is C10H8F2O3. The van der Waals surface area contributed by atoms with Crippen LogP contribution in [-0.4, -0.2) is 5.78 Å². The van der Waals surface area contributed by atoms with E-state index in [-0.39, 0.29) is 23.5 Å². The summed E-state index contributed by atoms with van der Waals surface area (Å²) >= 11 is 0. The average molecular weight is 214 g/mol. The van der Waals surface area contributed by atoms with Crippen LogP contribution in [0.2, 0.25) is 0 Å². The van der Waals surface area contributed by atoms with Crippen LogP contribution in [0, 0.1) is 0 Å². The minimum Gasteiger partial charge on any atom is -0.427 e. The van der Waals surface area contributed by atoms with Gasteiger partial charge in [-0.2, -0.15) is 0 Å². The van der Waals surface area contributed by atoms with Crippen LogP contribution in [-0.2, 0) is 6.42 Å². The van der Waals surface area contributed by atoms with Gasteiger partial charge in [0.1, 0.15) is 5.76 Å². The highest BCUT2D eigenvalue weighted by molar-refractivity contribution is 5.99. The molecule has 0 unspecified atom stereocenters. The fourth-order valence-electron chi connectivity index (χ4n) is 1.76. The Balaban J connectivity index is 2.69. The summed E-state index contributed by atoms with van der Waals surface area (Å²) in [4.78, 5) is 22.4. The van der Waals surface area contributed by atoms with Gasteiger partial charge in [-0.1, -0.05) is 0 Å². The lowest BCUT2D eigenvalue weighted by Gasteiger charge is -2.15. The number of carbonyl (C=O) groups excluding carboxylic acids is 1. The third-order valence-electron chi connectivity index (χ3n) is 2.39. The summed E-state index contributed by atoms with van der Waals surface area (Å²) in [5.41, 5.74) is -1.40. The van der Waals surface area contributed by atoms with E-state index < -0.39 is 17.6 Å². The number of halogens is 2. The maximum atomic E-state index is 12.6. The molecule has 0 saturated heterocycles. The summed E-state index contributed by atoms with van der Waals surface area (Å²) in [6.07, 6.45) is -1.66. The standard InChI is InChI=1S/C10H8F2O3/c11-10(12)5-4-8(14)15-7-3-1-2-6(13)9(5)7/h4,10H,1-3H2. The van der Waals surface area contributed by atoms with E-state index in [0.29, 0.717) is 18.9 Å². The molecule has 0 atom stereocenters. The SMILES string of the molecule is O=C1CCCc2oc(=O)cc(C(F)F)c21. The topological polar surface area (TPSA) is 47.3 Å². The second kappa shape index (κ2) is 3.56. The molecule has 5 heteroatoms. The van der Waals surface area contributed by atoms with Crippen molar-refractivity contribution >= 4 is 5.78 Å². The van der Waals surface area contributed by atoms with E-state index in [4.69, 9.17) is 4.42 Å². The normalized spacial score (nSPS) is 15.5. The Morgan fingerprint density at radius 3 is 2.67 bits per heavy atom. The number of alkyl halides is 2. The van der Waals surface area contributed by atoms with Crippen molar-refractivity contribution in [3.8, 4) is 0 Å². The van der Waals surface area contributed by atoms with Gasteiger partial charge in [-0.25, -0.2) is 13.6 Å². The van der Waals surface area contributed by atoms with Crippen molar-refractivity contribution in [3.63, 3.8) is 0 Å². The Morgan fingerprint density at radius 1 is 1.27 bits per heavy atom. The predicted octanol–water partition coefficient (Wildman–Crippen LogP) is 2.10. The van der Waals surface area contributed by atoms with Crippen LogP contribution in [0.15, 0.2) is 15.3 Å². The Bertz CT molecular complexity index is 462. The van der Waals surface area contributed by atoms with E-state index in [0.717, 1.165) is 0 Å². The molecule has 0 aromatic carbocycles. The summed E-state index contributed by atoms with van der Waals surface area (Å²) in [6, 6.07) is 0.701. The molecule has 1 aliphatic carbocycles. The van der Waals surface area contributed by atoms with Crippen molar-refractivity contribution in [2.75, 3.05) is 0 Å². The Labute approximate surface area is 83.7 Å². The molecule has 3 nitrogen and oxygen atoms in total. The highest BCUT2D eigenvalue weighted by Crippen LogP contribution is 2.29. The van der Waals surface area contributed by atoms with Crippen LogP contribution in [0.1, 0.15) is 40.9 Å². The van der Waals surface area contributed by atoms with Gasteiger partial charge < -0.3 is 4.42 Å². The minimum atomic E-state index is -2.81. The average Bonchev–Trinajstić information content (AvgIpc) is 2.16. The molecule has 15 heavy (non-hydrogen) atoms. The van der Waals surface area contributed by atoms with Crippen molar-refractivity contribution in [3.05, 3.63) is 33.4 Å². The van der Waals surface area contributed by atoms with Gasteiger partial charge in [0.15, 0.2) is 5.78 Å². The van der Waals surface area contributed by atoms with Gasteiger partial charge >= 0.3 is 5.63 Å². The lowest BCUT2D eigenvalue weighted by molar-refractivity contribution is 0.0948. The Kier molecular flexibility index (Phi) is 2.38. The van der Waals surface area contributed by atoms with Crippen molar-refractivity contribution < 1.29 is 18.0 Å². The smallest absolute Gasteiger partial charge is 0.336 e. The first-order chi connectivity index (χ1) is 7.09. The highest BCUT2D eigenvalue weighted by atomic mass is 19.3. The largest absolute Gasteiger partial charge is 0.427 e. The third-order valence-corrected chi connectivity index (χ3v) is 2.39. The zero-order valence-corrected chi connectivity index (χ0v) is 7.76. The van der Waals surface area contributed by atoms with Crippen molar-refractivity contribution in [2.24, 2.45) is 0 Å². The summed E-state index contributed by atoms with van der Waals surface area (Å²) in [7, 11) is 0. The van der Waals surface area contributed by atoms with Gasteiger partial charge in [0.05, 0.1) is 5.56 Å². The maximum absolute atomic E-state index is 12.6. The van der Waals surface area contributed by atoms with Crippen molar-refractivity contribution in [1.82, 2.24) is 0 Å². The van der Waals surface area contributed by atoms with Gasteiger partial charge in [0.2, 0.25) is 0 Å². The monoisotopic (exact) mass is 214 g/mol. The molecule has 1 aromatic rings. The molecule has 0 aliphatic heterocycles. The maximum Gasteiger partial charge on any atom is 0.336 e. The van der Waals surface area contributed by atoms with Crippen LogP contribution in [0.5, 0.6) is 0 Å². The number of fused-ring (bicyclic) bond motifs is 1. The number of ketones is 1. The van der Waals surface area contributed by atoms with Crippen LogP contribution in [0.3, 0.4) is 0 Å². The highest BCUT2D eigenvalue weighted by Gasteiger charge is 2.27. The molecule has 0 N–H and O–H groups in total. The van der Waals surface area contributed by atoms with Crippen LogP contribution < -0.4 is 5.63 Å². The first-order valence-corrected chi connectivity index (χ1v) is 4.58. The van der Waals surface area contributed by atoms with Gasteiger partial charge in [0, 0.05) is 24.5 Å². The number of carbonyl (C=O) groups is 1. The van der Waals surface area contributed by atoms with Crippen molar-refractivity contribution in [1.29, 1.82) is 0 Å². The number of hydrogen-bond acceptors (Lipinski definition) is 3. The lowest BCUT2D eigenvalue weighted by atomic mass is 9.92. The number of hydrogen-bond donors (Lipinski definition) is 0. The first kappa shape index (κ1) is 10.0. The molecule has 0 amide bonds. The zero-order chi connectivity index (χ0) is 11.0. The zero-order valence-electron chi connectivity index (χ0n) is 7.76. The number of Topliss-reactive ketones (excluding diaryl/α,β-unsaturated/α-hetero) is 1. The van der Waals surface area contributed by atoms with Gasteiger partial charge in [-0.05, 0) is 6.42 Å². The van der Waals surface area contributed by atoms with Crippen LogP contribution >= 0.6 is 0 Å². The van der Waals surface area contributed by atoms with Gasteiger partial charge in [0.25, 0.3) is 6.43 Å². The molecule has 80 valence electrons. The second-order valence-corrected chi connectivity index (χ2v) is 3.40. The van der Waals surface area contributed by atoms with Gasteiger partial charge in [-0.15, -0.1) is 0 Å². The predicted molar refractivity (Wildman–Crippen MR) is 47.2 cm³/mol. The molecule has 1 heterocycles. The van der Waals surface area contributed by atoms with Crippen LogP contribution in [0.4, 0.5) is 8.78 Å². The second-order valence-electron chi connectivity index (χ2n) is 3.40. The summed E-state index contributed by atoms with van der Waals surface area (Å²) in [5.74, 6) is -0.260. The van der Waals surface area contributed by atoms with E-state index in [9.17, 15) is 18.4 Å². The van der Waals surface area contributed by atoms with E-state index >= 15 is 0 Å². The first-order valence-electron chi connectivity index (χ1n) is 4.58. The number of aryl methyl sites for hydroxylation is 1. The third kappa shape index (κ3) is 1.69. The quantitative estimate of drug-likeness (QED) is 0.719. The number of rotatable bonds is 1. The lowest BCUT2D eigenvalue weighted by Crippen LogP contribution is -2.18. The molecule has 0 saturated carbocycles. The Hall–Kier alpha value is -1.52. The van der Waals surface area contributed by atoms with E-state index in [1.807, 2.05) is 0 Å². The van der Waals surface area contributed by atoms with E-state index in [2.05, 4.69) is 0 Å². The molecule has 1 aromatic heterocycles. The van der Waals surface area contributed by atoms with Crippen LogP contribution in [0.25, 0.3) is 0 Å². The molecule has 0 radical (unpaired) electrons. The molecule has 2 rings (SSSR count). The fourth-order valence-corrected chi connectivity index (χ4v) is 1.76. The molecular weight excluding hydrogens is 206 g/mol. The van der Waals surface area contributed by atoms with Crippen molar-refractivity contribution in [2.45, 2.75) is 25.7 Å². The minimum absolute atomic E-state index is 0.0872. The molecule has 0 spiro atoms. The Morgan fingerprint density at radius 2 is 2.00 bits per heavy atom. The summed E-state index contributed by atoms with van der Waals surface area (Å²) in [6.45, 7) is 0. The summed E-state index contributed by atoms with van der Waals surface area (Å²) < 4.78 is 29.9. The van der Waals surface area contributed by atoms with E-state index in [1.165, 1.54) is 0 Å². The van der Waals surface area contributed by atoms with Gasteiger partial charge in [-0.3, -0.25) is 4.79 Å². The summed E-state index contributed by atoms with van der Waals surface area (Å²) in [5, 5.41) is 0.